The van der Waals surface area contributed by atoms with Gasteiger partial charge >= 0.3 is 6.09 Å². The van der Waals surface area contributed by atoms with Crippen LogP contribution in [0.2, 0.25) is 0 Å². The maximum absolute atomic E-state index is 12.4. The quantitative estimate of drug-likeness (QED) is 0.702. The molecule has 0 bridgehead atoms. The number of hydrogen-bond acceptors (Lipinski definition) is 7. The molecule has 2 aliphatic heterocycles. The van der Waals surface area contributed by atoms with E-state index in [2.05, 4.69) is 20.9 Å². The van der Waals surface area contributed by atoms with Crippen molar-refractivity contribution in [2.24, 2.45) is 0 Å². The zero-order valence-corrected chi connectivity index (χ0v) is 18.0. The Morgan fingerprint density at radius 1 is 1.03 bits per heavy atom. The summed E-state index contributed by atoms with van der Waals surface area (Å²) in [5.74, 6) is 2.08. The minimum Gasteiger partial charge on any atom is -0.493 e. The van der Waals surface area contributed by atoms with Crippen LogP contribution in [0.5, 0.6) is 11.5 Å². The Morgan fingerprint density at radius 2 is 1.84 bits per heavy atom. The Bertz CT molecular complexity index is 850. The molecule has 31 heavy (non-hydrogen) atoms. The van der Waals surface area contributed by atoms with Gasteiger partial charge in [0.25, 0.3) is 0 Å². The second-order valence-corrected chi connectivity index (χ2v) is 7.72. The molecule has 1 aromatic carbocycles. The van der Waals surface area contributed by atoms with Crippen molar-refractivity contribution in [3.05, 3.63) is 48.2 Å². The summed E-state index contributed by atoms with van der Waals surface area (Å²) in [6.45, 7) is 7.16. The van der Waals surface area contributed by atoms with Crippen molar-refractivity contribution in [1.82, 2.24) is 14.8 Å². The van der Waals surface area contributed by atoms with Gasteiger partial charge in [-0.05, 0) is 36.2 Å². The first-order valence-electron chi connectivity index (χ1n) is 10.8. The van der Waals surface area contributed by atoms with Crippen molar-refractivity contribution < 1.29 is 19.0 Å². The van der Waals surface area contributed by atoms with Crippen LogP contribution in [0, 0.1) is 0 Å². The van der Waals surface area contributed by atoms with Crippen LogP contribution in [0.15, 0.2) is 42.6 Å². The average molecular weight is 427 g/mol. The second-order valence-electron chi connectivity index (χ2n) is 7.72. The van der Waals surface area contributed by atoms with Crippen molar-refractivity contribution >= 4 is 11.9 Å². The highest BCUT2D eigenvalue weighted by Gasteiger charge is 2.21. The fourth-order valence-corrected chi connectivity index (χ4v) is 3.88. The number of hydrogen-bond donors (Lipinski definition) is 0. The van der Waals surface area contributed by atoms with Crippen molar-refractivity contribution in [2.45, 2.75) is 6.42 Å². The Hall–Kier alpha value is -2.84. The molecule has 1 amide bonds. The number of aromatic nitrogens is 1. The zero-order chi connectivity index (χ0) is 21.5. The summed E-state index contributed by atoms with van der Waals surface area (Å²) < 4.78 is 16.3. The number of carbonyl (C=O) groups excluding carboxylic acids is 1. The van der Waals surface area contributed by atoms with Gasteiger partial charge in [-0.15, -0.1) is 0 Å². The van der Waals surface area contributed by atoms with Gasteiger partial charge < -0.3 is 24.0 Å². The number of piperazine rings is 1. The van der Waals surface area contributed by atoms with Crippen LogP contribution < -0.4 is 14.4 Å². The number of carbonyl (C=O) groups is 1. The molecule has 0 aliphatic carbocycles. The lowest BCUT2D eigenvalue weighted by atomic mass is 10.1. The lowest BCUT2D eigenvalue weighted by Gasteiger charge is -2.35. The summed E-state index contributed by atoms with van der Waals surface area (Å²) in [5, 5.41) is 0. The molecule has 8 heteroatoms. The highest BCUT2D eigenvalue weighted by Crippen LogP contribution is 2.29. The maximum Gasteiger partial charge on any atom is 0.415 e. The number of methoxy groups -OCH3 is 1. The van der Waals surface area contributed by atoms with Crippen LogP contribution in [0.1, 0.15) is 5.56 Å². The molecule has 166 valence electrons. The number of morpholine rings is 1. The van der Waals surface area contributed by atoms with Gasteiger partial charge in [-0.1, -0.05) is 12.1 Å². The standard InChI is InChI=1S/C23H30N4O4/c1-29-21-18-19(5-6-20(21)31-23(28)27-14-16-30-17-15-27)7-9-25-10-12-26(13-11-25)22-4-2-3-8-24-22/h2-6,8,18H,7,9-17H2,1H3. The zero-order valence-electron chi connectivity index (χ0n) is 18.0. The lowest BCUT2D eigenvalue weighted by Crippen LogP contribution is -2.47. The predicted octanol–water partition coefficient (Wildman–Crippen LogP) is 2.29. The van der Waals surface area contributed by atoms with E-state index in [9.17, 15) is 4.79 Å². The predicted molar refractivity (Wildman–Crippen MR) is 118 cm³/mol. The molecule has 0 spiro atoms. The number of rotatable bonds is 6. The van der Waals surface area contributed by atoms with Crippen LogP contribution in [0.4, 0.5) is 10.6 Å². The van der Waals surface area contributed by atoms with Crippen molar-refractivity contribution in [2.75, 3.05) is 71.0 Å². The normalized spacial score (nSPS) is 17.5. The molecule has 2 fully saturated rings. The minimum absolute atomic E-state index is 0.361. The van der Waals surface area contributed by atoms with Crippen LogP contribution in [0.25, 0.3) is 0 Å². The number of pyridine rings is 1. The number of benzene rings is 1. The molecule has 1 aromatic heterocycles. The van der Waals surface area contributed by atoms with E-state index in [1.165, 1.54) is 0 Å². The first-order valence-corrected chi connectivity index (χ1v) is 10.8. The monoisotopic (exact) mass is 426 g/mol. The Labute approximate surface area is 183 Å². The molecule has 3 heterocycles. The summed E-state index contributed by atoms with van der Waals surface area (Å²) in [6, 6.07) is 11.8. The first-order chi connectivity index (χ1) is 15.2. The minimum atomic E-state index is -0.361. The summed E-state index contributed by atoms with van der Waals surface area (Å²) in [4.78, 5) is 23.3. The third-order valence-corrected chi connectivity index (χ3v) is 5.76. The van der Waals surface area contributed by atoms with Gasteiger partial charge in [-0.25, -0.2) is 9.78 Å². The Balaban J connectivity index is 1.28. The van der Waals surface area contributed by atoms with E-state index >= 15 is 0 Å². The van der Waals surface area contributed by atoms with E-state index in [0.29, 0.717) is 37.8 Å². The van der Waals surface area contributed by atoms with Crippen LogP contribution in [-0.4, -0.2) is 87.0 Å². The van der Waals surface area contributed by atoms with E-state index in [1.807, 2.05) is 36.5 Å². The highest BCUT2D eigenvalue weighted by molar-refractivity contribution is 5.71. The number of anilines is 1. The Morgan fingerprint density at radius 3 is 2.55 bits per heavy atom. The smallest absolute Gasteiger partial charge is 0.415 e. The van der Waals surface area contributed by atoms with Gasteiger partial charge in [-0.2, -0.15) is 0 Å². The number of amides is 1. The van der Waals surface area contributed by atoms with E-state index in [4.69, 9.17) is 14.2 Å². The third kappa shape index (κ3) is 5.65. The molecule has 0 N–H and O–H groups in total. The molecule has 0 atom stereocenters. The fraction of sp³-hybridized carbons (Fsp3) is 0.478. The topological polar surface area (TPSA) is 67.4 Å². The van der Waals surface area contributed by atoms with E-state index < -0.39 is 0 Å². The van der Waals surface area contributed by atoms with Crippen LogP contribution in [-0.2, 0) is 11.2 Å². The molecule has 4 rings (SSSR count). The lowest BCUT2D eigenvalue weighted by molar-refractivity contribution is 0.0413. The number of nitrogens with zero attached hydrogens (tertiary/aromatic N) is 4. The fourth-order valence-electron chi connectivity index (χ4n) is 3.88. The largest absolute Gasteiger partial charge is 0.493 e. The molecule has 0 radical (unpaired) electrons. The van der Waals surface area contributed by atoms with Crippen LogP contribution >= 0.6 is 0 Å². The Kier molecular flexibility index (Phi) is 7.22. The van der Waals surface area contributed by atoms with Gasteiger partial charge in [0, 0.05) is 52.0 Å². The number of ether oxygens (including phenoxy) is 3. The summed E-state index contributed by atoms with van der Waals surface area (Å²) in [7, 11) is 1.60. The average Bonchev–Trinajstić information content (AvgIpc) is 2.84. The van der Waals surface area contributed by atoms with Gasteiger partial charge in [0.15, 0.2) is 11.5 Å². The molecule has 2 aliphatic rings. The van der Waals surface area contributed by atoms with Gasteiger partial charge in [0.2, 0.25) is 0 Å². The van der Waals surface area contributed by atoms with Crippen molar-refractivity contribution in [3.63, 3.8) is 0 Å². The molecule has 0 saturated carbocycles. The summed E-state index contributed by atoms with van der Waals surface area (Å²) in [6.07, 6.45) is 2.40. The molecular weight excluding hydrogens is 396 g/mol. The first kappa shape index (κ1) is 21.4. The van der Waals surface area contributed by atoms with Gasteiger partial charge in [0.05, 0.1) is 20.3 Å². The SMILES string of the molecule is COc1cc(CCN2CCN(c3ccccn3)CC2)ccc1OC(=O)N1CCOCC1. The molecule has 2 saturated heterocycles. The molecule has 2 aromatic rings. The second kappa shape index (κ2) is 10.5. The van der Waals surface area contributed by atoms with Gasteiger partial charge in [0.1, 0.15) is 5.82 Å². The third-order valence-electron chi connectivity index (χ3n) is 5.76. The highest BCUT2D eigenvalue weighted by atomic mass is 16.6. The van der Waals surface area contributed by atoms with E-state index in [0.717, 1.165) is 50.5 Å². The summed E-state index contributed by atoms with van der Waals surface area (Å²) in [5.41, 5.74) is 1.16. The van der Waals surface area contributed by atoms with Crippen molar-refractivity contribution in [3.8, 4) is 11.5 Å². The van der Waals surface area contributed by atoms with Crippen molar-refractivity contribution in [1.29, 1.82) is 0 Å². The molecule has 0 unspecified atom stereocenters. The summed E-state index contributed by atoms with van der Waals surface area (Å²) >= 11 is 0. The van der Waals surface area contributed by atoms with Crippen LogP contribution in [0.3, 0.4) is 0 Å². The maximum atomic E-state index is 12.4. The molecule has 8 nitrogen and oxygen atoms in total. The van der Waals surface area contributed by atoms with E-state index in [1.54, 1.807) is 12.0 Å². The van der Waals surface area contributed by atoms with E-state index in [-0.39, 0.29) is 6.09 Å². The van der Waals surface area contributed by atoms with Gasteiger partial charge in [-0.3, -0.25) is 4.90 Å². The molecular formula is C23H30N4O4.